The van der Waals surface area contributed by atoms with Crippen LogP contribution in [0, 0.1) is 6.92 Å². The van der Waals surface area contributed by atoms with Crippen molar-refractivity contribution in [2.75, 3.05) is 20.0 Å². The molecule has 20 heavy (non-hydrogen) atoms. The first-order chi connectivity index (χ1) is 9.56. The number of ether oxygens (including phenoxy) is 2. The number of carbonyl (C=O) groups excluding carboxylic acids is 1. The Labute approximate surface area is 115 Å². The molecule has 0 aliphatic carbocycles. The van der Waals surface area contributed by atoms with Crippen molar-refractivity contribution in [2.24, 2.45) is 0 Å². The van der Waals surface area contributed by atoms with Gasteiger partial charge in [0.15, 0.2) is 5.82 Å². The van der Waals surface area contributed by atoms with Gasteiger partial charge in [-0.3, -0.25) is 0 Å². The van der Waals surface area contributed by atoms with E-state index in [9.17, 15) is 4.79 Å². The van der Waals surface area contributed by atoms with Gasteiger partial charge in [0.2, 0.25) is 5.88 Å². The third kappa shape index (κ3) is 2.48. The third-order valence-electron chi connectivity index (χ3n) is 2.59. The summed E-state index contributed by atoms with van der Waals surface area (Å²) in [6.45, 7) is 1.64. The van der Waals surface area contributed by atoms with Crippen LogP contribution >= 0.6 is 0 Å². The monoisotopic (exact) mass is 275 g/mol. The highest BCUT2D eigenvalue weighted by Gasteiger charge is 2.18. The van der Waals surface area contributed by atoms with E-state index in [1.165, 1.54) is 14.2 Å². The summed E-state index contributed by atoms with van der Waals surface area (Å²) >= 11 is 0. The maximum atomic E-state index is 11.6. The van der Waals surface area contributed by atoms with E-state index >= 15 is 0 Å². The smallest absolute Gasteiger partial charge is 0.343 e. The van der Waals surface area contributed by atoms with E-state index < -0.39 is 5.97 Å². The maximum Gasteiger partial charge on any atom is 0.343 e. The molecule has 104 valence electrons. The molecule has 0 bridgehead atoms. The Morgan fingerprint density at radius 1 is 1.20 bits per heavy atom. The van der Waals surface area contributed by atoms with Crippen molar-refractivity contribution < 1.29 is 14.3 Å². The summed E-state index contributed by atoms with van der Waals surface area (Å²) in [6, 6.07) is 3.28. The van der Waals surface area contributed by atoms with Gasteiger partial charge in [-0.05, 0) is 13.0 Å². The molecule has 0 aliphatic rings. The topological polar surface area (TPSA) is 113 Å². The van der Waals surface area contributed by atoms with Crippen molar-refractivity contribution in [2.45, 2.75) is 6.92 Å². The van der Waals surface area contributed by atoms with Crippen molar-refractivity contribution in [3.05, 3.63) is 23.4 Å². The lowest BCUT2D eigenvalue weighted by Crippen LogP contribution is -2.12. The normalized spacial score (nSPS) is 10.2. The number of nitrogens with zero attached hydrogens (tertiary/aromatic N) is 4. The van der Waals surface area contributed by atoms with E-state index in [0.717, 1.165) is 0 Å². The zero-order chi connectivity index (χ0) is 14.7. The lowest BCUT2D eigenvalue weighted by molar-refractivity contribution is 0.0600. The number of esters is 1. The van der Waals surface area contributed by atoms with Gasteiger partial charge in [0.1, 0.15) is 17.1 Å². The van der Waals surface area contributed by atoms with E-state index in [2.05, 4.69) is 24.9 Å². The minimum absolute atomic E-state index is 0.0389. The average Bonchev–Trinajstić information content (AvgIpc) is 2.46. The van der Waals surface area contributed by atoms with Crippen LogP contribution in [0.15, 0.2) is 12.1 Å². The number of aryl methyl sites for hydroxylation is 1. The number of nitrogen functional groups attached to an aromatic ring is 1. The standard InChI is InChI=1S/C12H13N5O3/c1-6-9(12(18)20-3)10(13)15-11(14-6)7-4-5-8(19-2)17-16-7/h4-5H,1-3H3,(H2,13,14,15). The molecule has 2 heterocycles. The Morgan fingerprint density at radius 3 is 2.45 bits per heavy atom. The zero-order valence-electron chi connectivity index (χ0n) is 11.2. The van der Waals surface area contributed by atoms with Gasteiger partial charge in [-0.2, -0.15) is 0 Å². The van der Waals surface area contributed by atoms with Gasteiger partial charge in [-0.15, -0.1) is 10.2 Å². The molecule has 8 heteroatoms. The van der Waals surface area contributed by atoms with Crippen LogP contribution in [0.4, 0.5) is 5.82 Å². The van der Waals surface area contributed by atoms with E-state index in [1.54, 1.807) is 19.1 Å². The molecule has 0 atom stereocenters. The second-order valence-corrected chi connectivity index (χ2v) is 3.85. The summed E-state index contributed by atoms with van der Waals surface area (Å²) in [5.41, 5.74) is 6.76. The van der Waals surface area contributed by atoms with Crippen molar-refractivity contribution in [3.8, 4) is 17.4 Å². The van der Waals surface area contributed by atoms with Crippen LogP contribution in [0.1, 0.15) is 16.1 Å². The van der Waals surface area contributed by atoms with Crippen molar-refractivity contribution in [1.29, 1.82) is 0 Å². The molecule has 0 saturated carbocycles. The predicted octanol–water partition coefficient (Wildman–Crippen LogP) is 0.619. The predicted molar refractivity (Wildman–Crippen MR) is 70.1 cm³/mol. The summed E-state index contributed by atoms with van der Waals surface area (Å²) in [4.78, 5) is 19.8. The molecule has 0 aliphatic heterocycles. The first-order valence-corrected chi connectivity index (χ1v) is 5.67. The number of hydrogen-bond donors (Lipinski definition) is 1. The van der Waals surface area contributed by atoms with Crippen molar-refractivity contribution >= 4 is 11.8 Å². The number of aromatic nitrogens is 4. The number of hydrogen-bond acceptors (Lipinski definition) is 8. The minimum Gasteiger partial charge on any atom is -0.480 e. The van der Waals surface area contributed by atoms with Crippen LogP contribution in [-0.2, 0) is 4.74 Å². The molecule has 0 unspecified atom stereocenters. The van der Waals surface area contributed by atoms with Crippen LogP contribution in [0.2, 0.25) is 0 Å². The highest BCUT2D eigenvalue weighted by atomic mass is 16.5. The lowest BCUT2D eigenvalue weighted by Gasteiger charge is -2.08. The second kappa shape index (κ2) is 5.47. The molecule has 0 amide bonds. The molecule has 0 spiro atoms. The largest absolute Gasteiger partial charge is 0.480 e. The quantitative estimate of drug-likeness (QED) is 0.811. The Kier molecular flexibility index (Phi) is 3.74. The molecule has 0 radical (unpaired) electrons. The van der Waals surface area contributed by atoms with E-state index in [-0.39, 0.29) is 17.2 Å². The van der Waals surface area contributed by atoms with E-state index in [0.29, 0.717) is 17.3 Å². The Morgan fingerprint density at radius 2 is 1.95 bits per heavy atom. The summed E-state index contributed by atoms with van der Waals surface area (Å²) in [7, 11) is 2.76. The van der Waals surface area contributed by atoms with Gasteiger partial charge in [-0.25, -0.2) is 14.8 Å². The van der Waals surface area contributed by atoms with Crippen LogP contribution < -0.4 is 10.5 Å². The molecular weight excluding hydrogens is 262 g/mol. The lowest BCUT2D eigenvalue weighted by atomic mass is 10.2. The molecule has 0 aromatic carbocycles. The van der Waals surface area contributed by atoms with Gasteiger partial charge in [0.25, 0.3) is 0 Å². The highest BCUT2D eigenvalue weighted by molar-refractivity contribution is 5.95. The van der Waals surface area contributed by atoms with Crippen molar-refractivity contribution in [1.82, 2.24) is 20.2 Å². The summed E-state index contributed by atoms with van der Waals surface area (Å²) in [5, 5.41) is 7.75. The SMILES string of the molecule is COC(=O)c1c(C)nc(-c2ccc(OC)nn2)nc1N. The fraction of sp³-hybridized carbons (Fsp3) is 0.250. The fourth-order valence-electron chi connectivity index (χ4n) is 1.61. The molecule has 2 aromatic heterocycles. The van der Waals surface area contributed by atoms with Gasteiger partial charge in [0, 0.05) is 6.07 Å². The van der Waals surface area contributed by atoms with Crippen molar-refractivity contribution in [3.63, 3.8) is 0 Å². The van der Waals surface area contributed by atoms with Gasteiger partial charge in [0.05, 0.1) is 19.9 Å². The number of nitrogens with two attached hydrogens (primary N) is 1. The van der Waals surface area contributed by atoms with Crippen LogP contribution in [0.3, 0.4) is 0 Å². The number of rotatable bonds is 3. The fourth-order valence-corrected chi connectivity index (χ4v) is 1.61. The van der Waals surface area contributed by atoms with Gasteiger partial charge < -0.3 is 15.2 Å². The maximum absolute atomic E-state index is 11.6. The molecule has 2 rings (SSSR count). The zero-order valence-corrected chi connectivity index (χ0v) is 11.2. The first-order valence-electron chi connectivity index (χ1n) is 5.67. The second-order valence-electron chi connectivity index (χ2n) is 3.85. The number of anilines is 1. The number of carbonyl (C=O) groups is 1. The molecule has 8 nitrogen and oxygen atoms in total. The van der Waals surface area contributed by atoms with Gasteiger partial charge >= 0.3 is 5.97 Å². The van der Waals surface area contributed by atoms with E-state index in [4.69, 9.17) is 10.5 Å². The Bertz CT molecular complexity index is 619. The first kappa shape index (κ1) is 13.7. The molecule has 2 aromatic rings. The van der Waals surface area contributed by atoms with Gasteiger partial charge in [-0.1, -0.05) is 0 Å². The molecular formula is C12H13N5O3. The van der Waals surface area contributed by atoms with Crippen LogP contribution in [0.5, 0.6) is 5.88 Å². The van der Waals surface area contributed by atoms with Crippen LogP contribution in [0.25, 0.3) is 11.5 Å². The average molecular weight is 275 g/mol. The molecule has 0 fully saturated rings. The third-order valence-corrected chi connectivity index (χ3v) is 2.59. The highest BCUT2D eigenvalue weighted by Crippen LogP contribution is 2.20. The minimum atomic E-state index is -0.577. The number of methoxy groups -OCH3 is 2. The summed E-state index contributed by atoms with van der Waals surface area (Å²) in [5.74, 6) is 0.122. The summed E-state index contributed by atoms with van der Waals surface area (Å²) < 4.78 is 9.55. The molecule has 0 saturated heterocycles. The Hall–Kier alpha value is -2.77. The Balaban J connectivity index is 2.46. The molecule has 2 N–H and O–H groups in total. The summed E-state index contributed by atoms with van der Waals surface area (Å²) in [6.07, 6.45) is 0. The van der Waals surface area contributed by atoms with E-state index in [1.807, 2.05) is 0 Å². The van der Waals surface area contributed by atoms with Crippen LogP contribution in [-0.4, -0.2) is 40.4 Å².